The quantitative estimate of drug-likeness (QED) is 0.0194. The van der Waals surface area contributed by atoms with E-state index in [2.05, 4.69) is 68.8 Å². The fraction of sp³-hybridized carbons (Fsp3) is 0.519. The Morgan fingerprint density at radius 2 is 1.22 bits per heavy atom. The van der Waals surface area contributed by atoms with Gasteiger partial charge >= 0.3 is 0 Å². The van der Waals surface area contributed by atoms with Crippen LogP contribution in [0.15, 0.2) is 91.1 Å². The fourth-order valence-electron chi connectivity index (χ4n) is 12.9. The van der Waals surface area contributed by atoms with Crippen molar-refractivity contribution in [3.63, 3.8) is 0 Å². The number of benzene rings is 4. The van der Waals surface area contributed by atoms with Crippen molar-refractivity contribution in [2.24, 2.45) is 22.9 Å². The second-order valence-corrected chi connectivity index (χ2v) is 33.4. The van der Waals surface area contributed by atoms with Crippen molar-refractivity contribution in [3.8, 4) is 5.75 Å². The van der Waals surface area contributed by atoms with Crippen LogP contribution < -0.4 is 91.5 Å². The minimum Gasteiger partial charge on any atom is -0.492 e. The number of aromatic nitrogens is 1. The van der Waals surface area contributed by atoms with Gasteiger partial charge in [0.1, 0.15) is 72.3 Å². The van der Waals surface area contributed by atoms with Gasteiger partial charge in [0.2, 0.25) is 82.7 Å². The molecule has 1 aliphatic heterocycles. The minimum absolute atomic E-state index is 0.0163. The molecule has 4 aromatic carbocycles. The van der Waals surface area contributed by atoms with E-state index in [1.54, 1.807) is 76.4 Å². The molecule has 6 rings (SSSR count). The second kappa shape index (κ2) is 43.8. The van der Waals surface area contributed by atoms with Gasteiger partial charge in [-0.1, -0.05) is 94.4 Å². The first-order valence-electron chi connectivity index (χ1n) is 38.1. The van der Waals surface area contributed by atoms with Crippen LogP contribution in [0.3, 0.4) is 0 Å². The zero-order valence-corrected chi connectivity index (χ0v) is 68.0. The van der Waals surface area contributed by atoms with Gasteiger partial charge in [-0.25, -0.2) is 0 Å². The van der Waals surface area contributed by atoms with Gasteiger partial charge < -0.3 is 102 Å². The normalized spacial score (nSPS) is 19.9. The number of aliphatic hydroxyl groups excluding tert-OH is 1. The number of unbranched alkanes of at least 4 members (excludes halogenated alkanes) is 3. The Morgan fingerprint density at radius 3 is 1.85 bits per heavy atom. The summed E-state index contributed by atoms with van der Waals surface area (Å²) in [5, 5.41) is 46.1. The van der Waals surface area contributed by atoms with E-state index < -0.39 is 153 Å². The third-order valence-electron chi connectivity index (χ3n) is 19.4. The van der Waals surface area contributed by atoms with Crippen molar-refractivity contribution in [2.75, 3.05) is 32.8 Å². The van der Waals surface area contributed by atoms with Gasteiger partial charge in [-0.3, -0.25) is 67.1 Å². The van der Waals surface area contributed by atoms with Gasteiger partial charge in [0.05, 0.1) is 12.5 Å². The van der Waals surface area contributed by atoms with E-state index in [1.165, 1.54) is 20.8 Å². The van der Waals surface area contributed by atoms with Crippen LogP contribution in [0.25, 0.3) is 21.7 Å². The highest BCUT2D eigenvalue weighted by molar-refractivity contribution is 8.77. The molecule has 622 valence electrons. The molecule has 1 fully saturated rings. The largest absolute Gasteiger partial charge is 0.492 e. The van der Waals surface area contributed by atoms with Crippen molar-refractivity contribution in [1.82, 2.24) is 68.8 Å². The van der Waals surface area contributed by atoms with Crippen molar-refractivity contribution >= 4 is 126 Å². The van der Waals surface area contributed by atoms with E-state index >= 15 is 24.0 Å². The number of ether oxygens (including phenoxy) is 1. The molecule has 0 aliphatic carbocycles. The van der Waals surface area contributed by atoms with Crippen LogP contribution in [0.1, 0.15) is 149 Å². The number of para-hydroxylation sites is 1. The van der Waals surface area contributed by atoms with E-state index in [4.69, 9.17) is 27.7 Å². The second-order valence-electron chi connectivity index (χ2n) is 30.0. The van der Waals surface area contributed by atoms with E-state index in [0.29, 0.717) is 65.6 Å². The smallest absolute Gasteiger partial charge is 0.246 e. The van der Waals surface area contributed by atoms with Gasteiger partial charge in [-0.05, 0) is 158 Å². The highest BCUT2D eigenvalue weighted by atomic mass is 33.1. The molecule has 0 bridgehead atoms. The first-order valence-corrected chi connectivity index (χ1v) is 40.3. The molecule has 0 spiro atoms. The predicted molar refractivity (Wildman–Crippen MR) is 435 cm³/mol. The van der Waals surface area contributed by atoms with Crippen molar-refractivity contribution in [3.05, 3.63) is 113 Å². The van der Waals surface area contributed by atoms with E-state index in [1.807, 2.05) is 49.4 Å². The maximum Gasteiger partial charge on any atom is 0.246 e. The number of carbonyl (C=O) groups excluding carboxylic acids is 14. The number of aliphatic hydroxyl groups is 1. The highest BCUT2D eigenvalue weighted by Crippen LogP contribution is 2.47. The molecule has 3 unspecified atom stereocenters. The molecule has 114 heavy (non-hydrogen) atoms. The molecule has 0 saturated carbocycles. The SMILES string of the molecule is CC(=O)NCCCCC1NC(=O)[C@@H](Cc2c[nH]c3c(C)cccc23)NC(=O)[C@H]([C@@H](C)O)NC(=O)C(CC(N)=O)NC(=O)[C@@H](NC(C)=O)C(C)(C)SSC(C)(C)[C@@H](C(=O)N[C@@H](Cc2ccc(OCCN)cc2)C(=O)N[C@@H](Cc2ccc3ccccc3c2)C(=O)NC(C)(CCCCN)C(=O)N[C@@H](CCCCNC(C)=O)C(N)=O)NC1=O. The molecule has 5 aromatic rings. The maximum atomic E-state index is 16.2. The number of rotatable bonds is 36. The Bertz CT molecular complexity index is 4240. The number of amides is 14. The Hall–Kier alpha value is -10.4. The topological polar surface area (TPSA) is 533 Å². The lowest BCUT2D eigenvalue weighted by Crippen LogP contribution is -2.65. The number of fused-ring (bicyclic) bond motifs is 2. The standard InChI is InChI=1S/C79H113N17O16S2/c1-44-20-19-23-55-53(43-86-63(44)55)41-60-70(105)88-57(25-14-18-36-85-47(4)99)68(103)95-66(78(8,9)114-113-77(6,7)65(87-48(5)100)74(109)92-61(42-62(82)101)71(106)94-64(45(2)97)73(108)90-60)75(110)91-58(39-49-27-30-54(31-28-49)112-37-34-81)69(104)89-59(40-50-26-29-51-21-11-12-22-52(51)38-50)72(107)96-79(10,32-15-16-33-80)76(111)93-56(67(83)102)24-13-17-35-84-46(3)98/h11-12,19-23,26-31,38,43,45,56-61,64-66,86,97H,13-18,24-25,32-37,39-42,80-81H2,1-10H3,(H2,82,101)(H2,83,102)(H,84,98)(H,85,99)(H,87,100)(H,88,105)(H,89,104)(H,90,108)(H,91,110)(H,92,109)(H,93,111)(H,94,106)(H,95,103)(H,96,107)/t45-,56+,57?,58+,59+,60-,61?,64+,65-,66-,79?/m1/s1. The Morgan fingerprint density at radius 1 is 0.614 bits per heavy atom. The lowest BCUT2D eigenvalue weighted by atomic mass is 9.91. The lowest BCUT2D eigenvalue weighted by Gasteiger charge is -2.39. The molecule has 0 radical (unpaired) electrons. The Kier molecular flexibility index (Phi) is 35.5. The number of aromatic amines is 1. The van der Waals surface area contributed by atoms with Gasteiger partial charge in [-0.15, -0.1) is 0 Å². The molecular weight excluding hydrogens is 1510 g/mol. The molecular formula is C79H113N17O16S2. The summed E-state index contributed by atoms with van der Waals surface area (Å²) < 4.78 is 2.66. The highest BCUT2D eigenvalue weighted by Gasteiger charge is 2.47. The first kappa shape index (κ1) is 92.5. The number of nitrogens with one attached hydrogen (secondary N) is 13. The van der Waals surface area contributed by atoms with E-state index in [9.17, 15) is 48.3 Å². The van der Waals surface area contributed by atoms with Gasteiger partial charge in [0.15, 0.2) is 0 Å². The van der Waals surface area contributed by atoms with Gasteiger partial charge in [-0.2, -0.15) is 0 Å². The van der Waals surface area contributed by atoms with Crippen LogP contribution in [-0.2, 0) is 86.4 Å². The molecule has 2 heterocycles. The number of hydrogen-bond donors (Lipinski definition) is 18. The maximum absolute atomic E-state index is 16.2. The van der Waals surface area contributed by atoms with Crippen molar-refractivity contribution in [2.45, 2.75) is 228 Å². The summed E-state index contributed by atoms with van der Waals surface area (Å²) in [5.74, 6) is -11.8. The summed E-state index contributed by atoms with van der Waals surface area (Å²) in [4.78, 5) is 203. The zero-order chi connectivity index (χ0) is 84.2. The van der Waals surface area contributed by atoms with E-state index in [-0.39, 0.29) is 89.4 Å². The molecule has 1 saturated heterocycles. The number of H-pyrrole nitrogens is 1. The third-order valence-corrected chi connectivity index (χ3v) is 23.6. The molecule has 14 amide bonds. The number of primary amides is 2. The molecule has 33 nitrogen and oxygen atoms in total. The fourth-order valence-corrected chi connectivity index (χ4v) is 15.8. The van der Waals surface area contributed by atoms with Crippen LogP contribution in [0.4, 0.5) is 0 Å². The summed E-state index contributed by atoms with van der Waals surface area (Å²) in [6, 6.07) is 9.99. The summed E-state index contributed by atoms with van der Waals surface area (Å²) >= 11 is 0. The first-order chi connectivity index (χ1) is 53.8. The number of aryl methyl sites for hydroxylation is 1. The van der Waals surface area contributed by atoms with Crippen LogP contribution >= 0.6 is 21.6 Å². The predicted octanol–water partition coefficient (Wildman–Crippen LogP) is 0.688. The van der Waals surface area contributed by atoms with Crippen molar-refractivity contribution < 1.29 is 77.0 Å². The summed E-state index contributed by atoms with van der Waals surface area (Å²) in [5.41, 5.74) is 24.4. The number of hydrogen-bond acceptors (Lipinski definition) is 20. The lowest BCUT2D eigenvalue weighted by molar-refractivity contribution is -0.138. The minimum atomic E-state index is -1.90. The summed E-state index contributed by atoms with van der Waals surface area (Å²) in [7, 11) is 1.88. The molecule has 22 N–H and O–H groups in total. The molecule has 11 atom stereocenters. The van der Waals surface area contributed by atoms with Crippen LogP contribution in [0.5, 0.6) is 5.75 Å². The molecule has 1 aliphatic rings. The summed E-state index contributed by atoms with van der Waals surface area (Å²) in [6.07, 6.45) is 0.0592. The van der Waals surface area contributed by atoms with Crippen molar-refractivity contribution in [1.29, 1.82) is 0 Å². The number of carbonyl (C=O) groups is 14. The Balaban J connectivity index is 1.53. The van der Waals surface area contributed by atoms with Crippen LogP contribution in [0, 0.1) is 6.92 Å². The van der Waals surface area contributed by atoms with Gasteiger partial charge in [0, 0.05) is 86.3 Å². The number of nitrogens with two attached hydrogens (primary N) is 4. The third kappa shape index (κ3) is 28.3. The Labute approximate surface area is 671 Å². The average molecular weight is 1620 g/mol. The molecule has 35 heteroatoms. The summed E-state index contributed by atoms with van der Waals surface area (Å²) in [6.45, 7) is 15.5. The molecule has 1 aromatic heterocycles. The van der Waals surface area contributed by atoms with Crippen LogP contribution in [-0.4, -0.2) is 201 Å². The monoisotopic (exact) mass is 1620 g/mol. The zero-order valence-electron chi connectivity index (χ0n) is 66.4. The van der Waals surface area contributed by atoms with Crippen LogP contribution in [0.2, 0.25) is 0 Å². The average Bonchev–Trinajstić information content (AvgIpc) is 1.28. The van der Waals surface area contributed by atoms with E-state index in [0.717, 1.165) is 51.8 Å². The van der Waals surface area contributed by atoms with Gasteiger partial charge in [0.25, 0.3) is 0 Å².